The molecule has 158 valence electrons. The molecule has 6 nitrogen and oxygen atoms in total. The molecule has 2 aromatic heterocycles. The van der Waals surface area contributed by atoms with E-state index in [0.29, 0.717) is 24.1 Å². The molecule has 0 aliphatic heterocycles. The first kappa shape index (κ1) is 20.8. The van der Waals surface area contributed by atoms with Gasteiger partial charge in [-0.3, -0.25) is 0 Å². The first-order valence-electron chi connectivity index (χ1n) is 9.84. The quantitative estimate of drug-likeness (QED) is 0.294. The summed E-state index contributed by atoms with van der Waals surface area (Å²) >= 11 is 6.28. The van der Waals surface area contributed by atoms with E-state index in [4.69, 9.17) is 20.8 Å². The van der Waals surface area contributed by atoms with Crippen molar-refractivity contribution in [1.82, 2.24) is 9.55 Å². The molecule has 4 aromatic rings. The van der Waals surface area contributed by atoms with Crippen LogP contribution in [-0.2, 0) is 16.1 Å². The summed E-state index contributed by atoms with van der Waals surface area (Å²) in [4.78, 5) is 16.0. The number of aryl methyl sites for hydroxylation is 1. The molecule has 2 heterocycles. The number of oxazole rings is 1. The average molecular weight is 437 g/mol. The van der Waals surface area contributed by atoms with Crippen LogP contribution in [0, 0.1) is 6.92 Å². The van der Waals surface area contributed by atoms with Gasteiger partial charge in [-0.2, -0.15) is 0 Å². The number of ether oxygens (including phenoxy) is 1. The topological polar surface area (TPSA) is 77.5 Å². The predicted molar refractivity (Wildman–Crippen MR) is 120 cm³/mol. The molecular weight excluding hydrogens is 416 g/mol. The third-order valence-corrected chi connectivity index (χ3v) is 5.25. The highest BCUT2D eigenvalue weighted by Crippen LogP contribution is 2.29. The lowest BCUT2D eigenvalue weighted by molar-refractivity contribution is -0.136. The average Bonchev–Trinajstić information content (AvgIpc) is 3.31. The maximum Gasteiger partial charge on any atom is 0.371 e. The minimum atomic E-state index is -1.09. The normalized spacial score (nSPS) is 11.8. The zero-order valence-corrected chi connectivity index (χ0v) is 17.9. The standard InChI is InChI=1S/C24H21ClN2O4/c1-3-30-22(24(28)29)13-16-8-9-21-17(12-16)10-11-27(21)14-20-15(2)31-23(26-20)18-6-4-5-7-19(18)25/h4-13H,3,14H2,1-2H3,(H,28,29). The van der Waals surface area contributed by atoms with E-state index in [9.17, 15) is 9.90 Å². The number of aromatic nitrogens is 2. The zero-order chi connectivity index (χ0) is 22.0. The van der Waals surface area contributed by atoms with Gasteiger partial charge in [0.05, 0.1) is 23.7 Å². The third kappa shape index (κ3) is 4.34. The van der Waals surface area contributed by atoms with Gasteiger partial charge >= 0.3 is 5.97 Å². The fourth-order valence-corrected chi connectivity index (χ4v) is 3.62. The van der Waals surface area contributed by atoms with E-state index in [0.717, 1.165) is 33.5 Å². The molecule has 2 aromatic carbocycles. The highest BCUT2D eigenvalue weighted by Gasteiger charge is 2.15. The van der Waals surface area contributed by atoms with Crippen molar-refractivity contribution in [2.75, 3.05) is 6.61 Å². The molecule has 0 unspecified atom stereocenters. The van der Waals surface area contributed by atoms with Crippen LogP contribution in [0.5, 0.6) is 0 Å². The predicted octanol–water partition coefficient (Wildman–Crippen LogP) is 5.77. The summed E-state index contributed by atoms with van der Waals surface area (Å²) in [5.41, 5.74) is 3.35. The molecule has 1 N–H and O–H groups in total. The van der Waals surface area contributed by atoms with Gasteiger partial charge < -0.3 is 18.8 Å². The van der Waals surface area contributed by atoms with Gasteiger partial charge in [-0.25, -0.2) is 9.78 Å². The first-order chi connectivity index (χ1) is 15.0. The van der Waals surface area contributed by atoms with E-state index in [1.807, 2.05) is 61.7 Å². The van der Waals surface area contributed by atoms with Gasteiger partial charge in [0, 0.05) is 17.1 Å². The Labute approximate surface area is 184 Å². The fraction of sp³-hybridized carbons (Fsp3) is 0.167. The maximum absolute atomic E-state index is 11.3. The highest BCUT2D eigenvalue weighted by atomic mass is 35.5. The molecule has 4 rings (SSSR count). The summed E-state index contributed by atoms with van der Waals surface area (Å²) in [6, 6.07) is 15.2. The Morgan fingerprint density at radius 3 is 2.81 bits per heavy atom. The molecule has 0 aliphatic rings. The molecule has 0 amide bonds. The number of nitrogens with zero attached hydrogens (tertiary/aromatic N) is 2. The summed E-state index contributed by atoms with van der Waals surface area (Å²) in [7, 11) is 0. The number of aliphatic carboxylic acids is 1. The number of rotatable bonds is 7. The van der Waals surface area contributed by atoms with Crippen molar-refractivity contribution in [2.45, 2.75) is 20.4 Å². The maximum atomic E-state index is 11.3. The number of halogens is 1. The van der Waals surface area contributed by atoms with Crippen LogP contribution in [0.25, 0.3) is 28.4 Å². The van der Waals surface area contributed by atoms with Crippen molar-refractivity contribution in [3.8, 4) is 11.5 Å². The molecule has 7 heteroatoms. The van der Waals surface area contributed by atoms with Crippen LogP contribution in [-0.4, -0.2) is 27.2 Å². The summed E-state index contributed by atoms with van der Waals surface area (Å²) in [5.74, 6) is 0.0696. The number of benzene rings is 2. The van der Waals surface area contributed by atoms with Gasteiger partial charge in [0.2, 0.25) is 11.6 Å². The summed E-state index contributed by atoms with van der Waals surface area (Å²) in [6.07, 6.45) is 3.50. The molecule has 0 fully saturated rings. The van der Waals surface area contributed by atoms with Crippen LogP contribution in [0.1, 0.15) is 23.9 Å². The minimum Gasteiger partial charge on any atom is -0.487 e. The van der Waals surface area contributed by atoms with Crippen LogP contribution in [0.15, 0.2) is 64.9 Å². The second-order valence-corrected chi connectivity index (χ2v) is 7.42. The van der Waals surface area contributed by atoms with Crippen LogP contribution >= 0.6 is 11.6 Å². The van der Waals surface area contributed by atoms with E-state index in [-0.39, 0.29) is 5.76 Å². The van der Waals surface area contributed by atoms with Crippen LogP contribution < -0.4 is 0 Å². The van der Waals surface area contributed by atoms with Crippen molar-refractivity contribution in [2.24, 2.45) is 0 Å². The molecule has 0 saturated carbocycles. The molecule has 0 radical (unpaired) electrons. The molecule has 0 bridgehead atoms. The fourth-order valence-electron chi connectivity index (χ4n) is 3.40. The highest BCUT2D eigenvalue weighted by molar-refractivity contribution is 6.33. The Morgan fingerprint density at radius 2 is 2.06 bits per heavy atom. The molecule has 0 saturated heterocycles. The van der Waals surface area contributed by atoms with E-state index in [1.165, 1.54) is 6.08 Å². The number of carboxylic acid groups (broad SMARTS) is 1. The third-order valence-electron chi connectivity index (χ3n) is 4.92. The van der Waals surface area contributed by atoms with Gasteiger partial charge in [-0.15, -0.1) is 0 Å². The summed E-state index contributed by atoms with van der Waals surface area (Å²) in [5, 5.41) is 10.8. The van der Waals surface area contributed by atoms with Crippen LogP contribution in [0.3, 0.4) is 0 Å². The van der Waals surface area contributed by atoms with Crippen LogP contribution in [0.4, 0.5) is 0 Å². The van der Waals surface area contributed by atoms with Crippen molar-refractivity contribution in [3.05, 3.63) is 82.5 Å². The Hall–Kier alpha value is -3.51. The lowest BCUT2D eigenvalue weighted by Gasteiger charge is -2.05. The first-order valence-corrected chi connectivity index (χ1v) is 10.2. The van der Waals surface area contributed by atoms with Gasteiger partial charge in [-0.05, 0) is 55.8 Å². The Kier molecular flexibility index (Phi) is 5.82. The van der Waals surface area contributed by atoms with Gasteiger partial charge in [0.15, 0.2) is 0 Å². The Bertz CT molecular complexity index is 1290. The molecule has 0 atom stereocenters. The largest absolute Gasteiger partial charge is 0.487 e. The van der Waals surface area contributed by atoms with E-state index in [1.54, 1.807) is 6.92 Å². The molecule has 31 heavy (non-hydrogen) atoms. The van der Waals surface area contributed by atoms with Crippen molar-refractivity contribution in [3.63, 3.8) is 0 Å². The molecule has 0 aliphatic carbocycles. The number of carboxylic acids is 1. The van der Waals surface area contributed by atoms with E-state index < -0.39 is 5.97 Å². The number of hydrogen-bond acceptors (Lipinski definition) is 4. The van der Waals surface area contributed by atoms with Gasteiger partial charge in [0.1, 0.15) is 11.5 Å². The van der Waals surface area contributed by atoms with Crippen LogP contribution in [0.2, 0.25) is 5.02 Å². The van der Waals surface area contributed by atoms with Crippen molar-refractivity contribution >= 4 is 34.5 Å². The summed E-state index contributed by atoms with van der Waals surface area (Å²) < 4.78 is 13.1. The Balaban J connectivity index is 1.63. The van der Waals surface area contributed by atoms with E-state index in [2.05, 4.69) is 9.55 Å². The second-order valence-electron chi connectivity index (χ2n) is 7.01. The van der Waals surface area contributed by atoms with Gasteiger partial charge in [0.25, 0.3) is 0 Å². The second kappa shape index (κ2) is 8.70. The lowest BCUT2D eigenvalue weighted by Crippen LogP contribution is -2.04. The number of hydrogen-bond donors (Lipinski definition) is 1. The molecular formula is C24H21ClN2O4. The monoisotopic (exact) mass is 436 g/mol. The molecule has 0 spiro atoms. The lowest BCUT2D eigenvalue weighted by atomic mass is 10.1. The smallest absolute Gasteiger partial charge is 0.371 e. The van der Waals surface area contributed by atoms with Crippen molar-refractivity contribution in [1.29, 1.82) is 0 Å². The Morgan fingerprint density at radius 1 is 1.26 bits per heavy atom. The zero-order valence-electron chi connectivity index (χ0n) is 17.1. The van der Waals surface area contributed by atoms with Gasteiger partial charge in [-0.1, -0.05) is 29.8 Å². The number of carbonyl (C=O) groups is 1. The number of fused-ring (bicyclic) bond motifs is 1. The summed E-state index contributed by atoms with van der Waals surface area (Å²) in [6.45, 7) is 4.48. The van der Waals surface area contributed by atoms with Crippen molar-refractivity contribution < 1.29 is 19.1 Å². The minimum absolute atomic E-state index is 0.0772. The SMILES string of the molecule is CCOC(=Cc1ccc2c(ccn2Cc2nc(-c3ccccc3Cl)oc2C)c1)C(=O)O. The van der Waals surface area contributed by atoms with E-state index >= 15 is 0 Å².